The molecule has 3 heteroatoms. The molecule has 0 amide bonds. The predicted octanol–water partition coefficient (Wildman–Crippen LogP) is 5.07. The monoisotopic (exact) mass is 329 g/mol. The Balaban J connectivity index is 2.39. The molecule has 0 aromatic heterocycles. The van der Waals surface area contributed by atoms with E-state index in [1.54, 1.807) is 0 Å². The molecule has 22 heavy (non-hydrogen) atoms. The minimum Gasteiger partial charge on any atom is -0.252 e. The Hall–Kier alpha value is -1.24. The zero-order chi connectivity index (χ0) is 15.8. The largest absolute Gasteiger partial charge is 0.252 e. The molecule has 1 nitrogen and oxygen atoms in total. The van der Waals surface area contributed by atoms with Gasteiger partial charge in [-0.05, 0) is 19.8 Å². The van der Waals surface area contributed by atoms with E-state index in [1.165, 1.54) is 35.6 Å². The summed E-state index contributed by atoms with van der Waals surface area (Å²) in [6, 6.07) is 20.8. The van der Waals surface area contributed by atoms with Crippen LogP contribution in [0.4, 0.5) is 0 Å². The van der Waals surface area contributed by atoms with E-state index in [0.717, 1.165) is 6.42 Å². The van der Waals surface area contributed by atoms with Gasteiger partial charge in [-0.1, -0.05) is 92.2 Å². The van der Waals surface area contributed by atoms with Crippen molar-refractivity contribution in [1.29, 1.82) is 0 Å². The predicted molar refractivity (Wildman–Crippen MR) is 104 cm³/mol. The molecular formula is C19H24NPS. The Morgan fingerprint density at radius 2 is 1.41 bits per heavy atom. The summed E-state index contributed by atoms with van der Waals surface area (Å²) in [7, 11) is 0. The normalized spacial score (nSPS) is 12.4. The van der Waals surface area contributed by atoms with E-state index in [1.807, 2.05) is 12.1 Å². The van der Waals surface area contributed by atoms with Crippen LogP contribution in [0.15, 0.2) is 65.4 Å². The van der Waals surface area contributed by atoms with Gasteiger partial charge in [0.2, 0.25) is 0 Å². The average molecular weight is 329 g/mol. The minimum atomic E-state index is -2.11. The van der Waals surface area contributed by atoms with Gasteiger partial charge in [0.1, 0.15) is 6.19 Å². The van der Waals surface area contributed by atoms with Crippen LogP contribution in [0, 0.1) is 0 Å². The highest BCUT2D eigenvalue weighted by Gasteiger charge is 2.21. The molecule has 0 bridgehead atoms. The molecule has 2 rings (SSSR count). The van der Waals surface area contributed by atoms with Crippen LogP contribution in [0.3, 0.4) is 0 Å². The molecule has 0 spiro atoms. The molecule has 0 saturated carbocycles. The fraction of sp³-hybridized carbons (Fsp3) is 0.316. The molecule has 116 valence electrons. The maximum absolute atomic E-state index is 6.11. The SMILES string of the molecule is CCCCC/C(C)=N/P(=S)(c1ccccc1)c1ccccc1. The summed E-state index contributed by atoms with van der Waals surface area (Å²) in [5, 5.41) is 2.34. The third-order valence-corrected chi connectivity index (χ3v) is 7.80. The van der Waals surface area contributed by atoms with Crippen LogP contribution in [-0.4, -0.2) is 5.71 Å². The summed E-state index contributed by atoms with van der Waals surface area (Å²) in [4.78, 5) is 0. The highest BCUT2D eigenvalue weighted by atomic mass is 32.4. The molecule has 0 atom stereocenters. The summed E-state index contributed by atoms with van der Waals surface area (Å²) < 4.78 is 5.06. The molecular weight excluding hydrogens is 305 g/mol. The zero-order valence-electron chi connectivity index (χ0n) is 13.4. The number of hydrogen-bond acceptors (Lipinski definition) is 1. The van der Waals surface area contributed by atoms with Crippen LogP contribution in [0.2, 0.25) is 0 Å². The Kier molecular flexibility index (Phi) is 6.54. The highest BCUT2D eigenvalue weighted by Crippen LogP contribution is 2.45. The average Bonchev–Trinajstić information content (AvgIpc) is 2.56. The highest BCUT2D eigenvalue weighted by molar-refractivity contribution is 8.21. The minimum absolute atomic E-state index is 1.05. The Labute approximate surface area is 139 Å². The third kappa shape index (κ3) is 4.38. The molecule has 2 aromatic rings. The van der Waals surface area contributed by atoms with Crippen LogP contribution in [0.5, 0.6) is 0 Å². The van der Waals surface area contributed by atoms with Crippen LogP contribution in [0.25, 0.3) is 0 Å². The molecule has 0 N–H and O–H groups in total. The van der Waals surface area contributed by atoms with Gasteiger partial charge in [0.25, 0.3) is 0 Å². The van der Waals surface area contributed by atoms with Gasteiger partial charge >= 0.3 is 0 Å². The Morgan fingerprint density at radius 1 is 0.909 bits per heavy atom. The van der Waals surface area contributed by atoms with Crippen molar-refractivity contribution in [3.63, 3.8) is 0 Å². The number of benzene rings is 2. The summed E-state index contributed by atoms with van der Waals surface area (Å²) >= 11 is 6.11. The smallest absolute Gasteiger partial charge is 0.112 e. The van der Waals surface area contributed by atoms with Crippen LogP contribution < -0.4 is 10.6 Å². The molecule has 2 aromatic carbocycles. The first kappa shape index (κ1) is 17.1. The summed E-state index contributed by atoms with van der Waals surface area (Å²) in [6.45, 7) is 4.35. The second-order valence-electron chi connectivity index (χ2n) is 5.54. The van der Waals surface area contributed by atoms with E-state index in [0.29, 0.717) is 0 Å². The molecule has 0 aliphatic carbocycles. The van der Waals surface area contributed by atoms with Gasteiger partial charge in [0, 0.05) is 16.3 Å². The third-order valence-electron chi connectivity index (χ3n) is 3.67. The Bertz CT molecular complexity index is 606. The quantitative estimate of drug-likeness (QED) is 0.392. The van der Waals surface area contributed by atoms with Gasteiger partial charge in [-0.2, -0.15) is 0 Å². The fourth-order valence-corrected chi connectivity index (χ4v) is 5.86. The topological polar surface area (TPSA) is 12.4 Å². The molecule has 0 aliphatic heterocycles. The lowest BCUT2D eigenvalue weighted by Gasteiger charge is -2.20. The summed E-state index contributed by atoms with van der Waals surface area (Å²) in [6.07, 6.45) is 2.63. The molecule has 0 saturated heterocycles. The van der Waals surface area contributed by atoms with Gasteiger partial charge in [0.05, 0.1) is 0 Å². The van der Waals surface area contributed by atoms with E-state index in [2.05, 4.69) is 62.4 Å². The Morgan fingerprint density at radius 3 is 1.86 bits per heavy atom. The van der Waals surface area contributed by atoms with Crippen molar-refractivity contribution < 1.29 is 0 Å². The second kappa shape index (κ2) is 8.41. The maximum Gasteiger partial charge on any atom is 0.112 e. The van der Waals surface area contributed by atoms with Crippen molar-refractivity contribution in [3.8, 4) is 0 Å². The number of unbranched alkanes of at least 4 members (excludes halogenated alkanes) is 2. The number of nitrogens with zero attached hydrogens (tertiary/aromatic N) is 1. The molecule has 0 aliphatic rings. The van der Waals surface area contributed by atoms with Crippen molar-refractivity contribution >= 4 is 34.3 Å². The standard InChI is InChI=1S/C19H24NPS/c1-3-4-7-12-17(2)20-21(22,18-13-8-5-9-14-18)19-15-10-6-11-16-19/h5-6,8-11,13-16H,3-4,7,12H2,1-2H3/b20-17+. The van der Waals surface area contributed by atoms with E-state index >= 15 is 0 Å². The molecule has 0 fully saturated rings. The van der Waals surface area contributed by atoms with Gasteiger partial charge in [-0.25, -0.2) is 0 Å². The van der Waals surface area contributed by atoms with Crippen molar-refractivity contribution in [3.05, 3.63) is 60.7 Å². The van der Waals surface area contributed by atoms with Crippen LogP contribution >= 0.6 is 6.19 Å². The van der Waals surface area contributed by atoms with Gasteiger partial charge in [-0.3, -0.25) is 4.76 Å². The van der Waals surface area contributed by atoms with E-state index in [9.17, 15) is 0 Å². The van der Waals surface area contributed by atoms with Crippen molar-refractivity contribution in [1.82, 2.24) is 0 Å². The number of rotatable bonds is 7. The van der Waals surface area contributed by atoms with Crippen LogP contribution in [-0.2, 0) is 11.8 Å². The zero-order valence-corrected chi connectivity index (χ0v) is 15.1. The summed E-state index contributed by atoms with van der Waals surface area (Å²) in [5.41, 5.74) is 1.18. The van der Waals surface area contributed by atoms with E-state index in [-0.39, 0.29) is 0 Å². The molecule has 0 unspecified atom stereocenters. The van der Waals surface area contributed by atoms with Gasteiger partial charge in [0.15, 0.2) is 0 Å². The first-order valence-electron chi connectivity index (χ1n) is 7.94. The fourth-order valence-electron chi connectivity index (χ4n) is 2.45. The van der Waals surface area contributed by atoms with Crippen molar-refractivity contribution in [2.75, 3.05) is 0 Å². The molecule has 0 heterocycles. The lowest BCUT2D eigenvalue weighted by Crippen LogP contribution is -2.15. The summed E-state index contributed by atoms with van der Waals surface area (Å²) in [5.74, 6) is 0. The van der Waals surface area contributed by atoms with Gasteiger partial charge < -0.3 is 0 Å². The lowest BCUT2D eigenvalue weighted by atomic mass is 10.1. The maximum atomic E-state index is 6.11. The van der Waals surface area contributed by atoms with Crippen LogP contribution in [0.1, 0.15) is 39.5 Å². The molecule has 0 radical (unpaired) electrons. The van der Waals surface area contributed by atoms with Crippen molar-refractivity contribution in [2.45, 2.75) is 39.5 Å². The first-order chi connectivity index (χ1) is 10.7. The van der Waals surface area contributed by atoms with Gasteiger partial charge in [-0.15, -0.1) is 0 Å². The van der Waals surface area contributed by atoms with Crippen molar-refractivity contribution in [2.24, 2.45) is 4.76 Å². The van der Waals surface area contributed by atoms with E-state index in [4.69, 9.17) is 16.6 Å². The van der Waals surface area contributed by atoms with E-state index < -0.39 is 6.19 Å². The number of hydrogen-bond donors (Lipinski definition) is 0. The second-order valence-corrected chi connectivity index (χ2v) is 9.51. The lowest BCUT2D eigenvalue weighted by molar-refractivity contribution is 0.741. The first-order valence-corrected chi connectivity index (χ1v) is 10.7.